The molecule has 2 atom stereocenters. The summed E-state index contributed by atoms with van der Waals surface area (Å²) in [5.41, 5.74) is -0.666. The molecule has 4 heteroatoms. The first kappa shape index (κ1) is 15.8. The minimum absolute atomic E-state index is 0.227. The van der Waals surface area contributed by atoms with Crippen molar-refractivity contribution in [3.05, 3.63) is 0 Å². The first-order chi connectivity index (χ1) is 8.53. The monoisotopic (exact) mass is 273 g/mol. The van der Waals surface area contributed by atoms with Crippen molar-refractivity contribution in [2.45, 2.75) is 64.5 Å². The standard InChI is InChI=1S/C14H27NO2S/c1-4-9-18-10-7-12-6-5-8-14(12,13(16)17)15-11(2)3/h11-12,15H,4-10H2,1-3H3,(H,16,17). The molecule has 2 unspecified atom stereocenters. The molecule has 0 amide bonds. The number of thioether (sulfide) groups is 1. The highest BCUT2D eigenvalue weighted by atomic mass is 32.2. The van der Waals surface area contributed by atoms with Crippen LogP contribution in [0.1, 0.15) is 52.9 Å². The Kier molecular flexibility index (Phi) is 6.50. The molecule has 0 radical (unpaired) electrons. The van der Waals surface area contributed by atoms with Crippen molar-refractivity contribution in [2.24, 2.45) is 5.92 Å². The van der Waals surface area contributed by atoms with E-state index in [9.17, 15) is 9.90 Å². The third-order valence-electron chi connectivity index (χ3n) is 3.71. The highest BCUT2D eigenvalue weighted by Gasteiger charge is 2.48. The van der Waals surface area contributed by atoms with Crippen LogP contribution in [0, 0.1) is 5.92 Å². The maximum Gasteiger partial charge on any atom is 0.324 e. The van der Waals surface area contributed by atoms with Gasteiger partial charge in [0.15, 0.2) is 0 Å². The average Bonchev–Trinajstić information content (AvgIpc) is 2.68. The topological polar surface area (TPSA) is 49.3 Å². The van der Waals surface area contributed by atoms with E-state index >= 15 is 0 Å². The Balaban J connectivity index is 2.60. The summed E-state index contributed by atoms with van der Waals surface area (Å²) in [6.07, 6.45) is 5.10. The lowest BCUT2D eigenvalue weighted by Gasteiger charge is -2.34. The summed E-state index contributed by atoms with van der Waals surface area (Å²) >= 11 is 1.95. The molecule has 3 nitrogen and oxygen atoms in total. The zero-order valence-electron chi connectivity index (χ0n) is 11.9. The van der Waals surface area contributed by atoms with Crippen LogP contribution in [0.5, 0.6) is 0 Å². The molecule has 1 aliphatic carbocycles. The normalized spacial score (nSPS) is 27.9. The summed E-state index contributed by atoms with van der Waals surface area (Å²) in [6.45, 7) is 6.25. The Hall–Kier alpha value is -0.220. The van der Waals surface area contributed by atoms with E-state index in [1.54, 1.807) is 0 Å². The number of nitrogens with one attached hydrogen (secondary N) is 1. The van der Waals surface area contributed by atoms with Crippen molar-refractivity contribution in [1.82, 2.24) is 5.32 Å². The van der Waals surface area contributed by atoms with Crippen LogP contribution in [-0.4, -0.2) is 34.2 Å². The Labute approximate surface area is 115 Å². The molecule has 106 valence electrons. The van der Waals surface area contributed by atoms with Gasteiger partial charge in [-0.2, -0.15) is 11.8 Å². The van der Waals surface area contributed by atoms with Gasteiger partial charge >= 0.3 is 5.97 Å². The maximum atomic E-state index is 11.7. The summed E-state index contributed by atoms with van der Waals surface area (Å²) in [5.74, 6) is 1.92. The summed E-state index contributed by atoms with van der Waals surface area (Å²) in [7, 11) is 0. The highest BCUT2D eigenvalue weighted by molar-refractivity contribution is 7.99. The summed E-state index contributed by atoms with van der Waals surface area (Å²) in [5, 5.41) is 13.0. The van der Waals surface area contributed by atoms with Crippen molar-refractivity contribution < 1.29 is 9.90 Å². The quantitative estimate of drug-likeness (QED) is 0.667. The van der Waals surface area contributed by atoms with E-state index in [-0.39, 0.29) is 6.04 Å². The number of aliphatic carboxylic acids is 1. The first-order valence-corrected chi connectivity index (χ1v) is 8.27. The van der Waals surface area contributed by atoms with Gasteiger partial charge in [-0.1, -0.05) is 13.3 Å². The molecule has 0 aromatic rings. The Morgan fingerprint density at radius 1 is 1.50 bits per heavy atom. The predicted octanol–water partition coefficient (Wildman–Crippen LogP) is 3.14. The van der Waals surface area contributed by atoms with Crippen LogP contribution >= 0.6 is 11.8 Å². The fourth-order valence-corrected chi connectivity index (χ4v) is 3.93. The third kappa shape index (κ3) is 3.89. The van der Waals surface area contributed by atoms with Gasteiger partial charge in [-0.15, -0.1) is 0 Å². The van der Waals surface area contributed by atoms with Crippen LogP contribution in [0.3, 0.4) is 0 Å². The van der Waals surface area contributed by atoms with Gasteiger partial charge in [-0.05, 0) is 57.0 Å². The minimum atomic E-state index is -0.666. The van der Waals surface area contributed by atoms with Gasteiger partial charge in [0.2, 0.25) is 0 Å². The van der Waals surface area contributed by atoms with E-state index in [0.717, 1.165) is 31.4 Å². The van der Waals surface area contributed by atoms with E-state index in [2.05, 4.69) is 12.2 Å². The number of carbonyl (C=O) groups is 1. The van der Waals surface area contributed by atoms with E-state index in [0.29, 0.717) is 5.92 Å². The number of hydrogen-bond donors (Lipinski definition) is 2. The molecule has 18 heavy (non-hydrogen) atoms. The van der Waals surface area contributed by atoms with Crippen LogP contribution in [0.4, 0.5) is 0 Å². The van der Waals surface area contributed by atoms with Crippen molar-refractivity contribution in [3.8, 4) is 0 Å². The van der Waals surface area contributed by atoms with Gasteiger partial charge in [0.25, 0.3) is 0 Å². The number of rotatable bonds is 8. The van der Waals surface area contributed by atoms with Crippen molar-refractivity contribution >= 4 is 17.7 Å². The molecule has 0 bridgehead atoms. The zero-order chi connectivity index (χ0) is 13.6. The zero-order valence-corrected chi connectivity index (χ0v) is 12.7. The summed E-state index contributed by atoms with van der Waals surface area (Å²) < 4.78 is 0. The van der Waals surface area contributed by atoms with Crippen LogP contribution in [-0.2, 0) is 4.79 Å². The van der Waals surface area contributed by atoms with Crippen LogP contribution in [0.15, 0.2) is 0 Å². The van der Waals surface area contributed by atoms with Crippen LogP contribution < -0.4 is 5.32 Å². The van der Waals surface area contributed by atoms with Crippen molar-refractivity contribution in [2.75, 3.05) is 11.5 Å². The number of carboxylic acid groups (broad SMARTS) is 1. The molecule has 0 heterocycles. The molecule has 0 spiro atoms. The SMILES string of the molecule is CCCSCCC1CCCC1(NC(C)C)C(=O)O. The van der Waals surface area contributed by atoms with Crippen LogP contribution in [0.25, 0.3) is 0 Å². The van der Waals surface area contributed by atoms with E-state index in [1.165, 1.54) is 12.2 Å². The van der Waals surface area contributed by atoms with Gasteiger partial charge in [-0.25, -0.2) is 0 Å². The lowest BCUT2D eigenvalue weighted by molar-refractivity contribution is -0.147. The lowest BCUT2D eigenvalue weighted by atomic mass is 9.84. The molecule has 0 aromatic heterocycles. The Morgan fingerprint density at radius 3 is 2.78 bits per heavy atom. The van der Waals surface area contributed by atoms with Gasteiger partial charge in [-0.3, -0.25) is 10.1 Å². The number of hydrogen-bond acceptors (Lipinski definition) is 3. The van der Waals surface area contributed by atoms with E-state index in [4.69, 9.17) is 0 Å². The van der Waals surface area contributed by atoms with Gasteiger partial charge in [0.05, 0.1) is 0 Å². The van der Waals surface area contributed by atoms with Gasteiger partial charge in [0.1, 0.15) is 5.54 Å². The lowest BCUT2D eigenvalue weighted by Crippen LogP contribution is -2.57. The molecule has 0 saturated heterocycles. The summed E-state index contributed by atoms with van der Waals surface area (Å²) in [4.78, 5) is 11.7. The average molecular weight is 273 g/mol. The predicted molar refractivity (Wildman–Crippen MR) is 78.2 cm³/mol. The Bertz CT molecular complexity index is 271. The smallest absolute Gasteiger partial charge is 0.324 e. The molecule has 0 aromatic carbocycles. The van der Waals surface area contributed by atoms with Crippen LogP contribution in [0.2, 0.25) is 0 Å². The molecule has 1 saturated carbocycles. The van der Waals surface area contributed by atoms with Gasteiger partial charge in [0, 0.05) is 6.04 Å². The van der Waals surface area contributed by atoms with E-state index < -0.39 is 11.5 Å². The third-order valence-corrected chi connectivity index (χ3v) is 4.93. The second kappa shape index (κ2) is 7.39. The van der Waals surface area contributed by atoms with Crippen molar-refractivity contribution in [3.63, 3.8) is 0 Å². The summed E-state index contributed by atoms with van der Waals surface area (Å²) in [6, 6.07) is 0.227. The van der Waals surface area contributed by atoms with E-state index in [1.807, 2.05) is 25.6 Å². The molecule has 1 aliphatic rings. The molecular formula is C14H27NO2S. The first-order valence-electron chi connectivity index (χ1n) is 7.11. The molecule has 0 aliphatic heterocycles. The fraction of sp³-hybridized carbons (Fsp3) is 0.929. The second-order valence-electron chi connectivity index (χ2n) is 5.57. The highest BCUT2D eigenvalue weighted by Crippen LogP contribution is 2.39. The molecule has 1 fully saturated rings. The molecule has 1 rings (SSSR count). The molecular weight excluding hydrogens is 246 g/mol. The fourth-order valence-electron chi connectivity index (χ4n) is 2.99. The largest absolute Gasteiger partial charge is 0.480 e. The van der Waals surface area contributed by atoms with Gasteiger partial charge < -0.3 is 5.11 Å². The second-order valence-corrected chi connectivity index (χ2v) is 6.79. The minimum Gasteiger partial charge on any atom is -0.480 e. The Morgan fingerprint density at radius 2 is 2.22 bits per heavy atom. The number of carboxylic acids is 1. The van der Waals surface area contributed by atoms with Crippen molar-refractivity contribution in [1.29, 1.82) is 0 Å². The maximum absolute atomic E-state index is 11.7. The molecule has 2 N–H and O–H groups in total.